The highest BCUT2D eigenvalue weighted by molar-refractivity contribution is 8.00. The van der Waals surface area contributed by atoms with E-state index in [1.807, 2.05) is 105 Å². The highest BCUT2D eigenvalue weighted by atomic mass is 32.2. The summed E-state index contributed by atoms with van der Waals surface area (Å²) in [5.41, 5.74) is 5.85. The molecule has 6 aromatic rings. The van der Waals surface area contributed by atoms with Gasteiger partial charge in [0, 0.05) is 191 Å². The van der Waals surface area contributed by atoms with Gasteiger partial charge in [0.25, 0.3) is 0 Å². The summed E-state index contributed by atoms with van der Waals surface area (Å²) in [6.07, 6.45) is 21.1. The van der Waals surface area contributed by atoms with E-state index in [1.54, 1.807) is 48.7 Å². The van der Waals surface area contributed by atoms with Crippen molar-refractivity contribution in [2.75, 3.05) is 189 Å². The van der Waals surface area contributed by atoms with Gasteiger partial charge in [-0.3, -0.25) is 38.4 Å². The average molecular weight is 1980 g/mol. The molecule has 0 bridgehead atoms. The summed E-state index contributed by atoms with van der Waals surface area (Å²) in [4.78, 5) is 140. The Hall–Kier alpha value is -11.8. The van der Waals surface area contributed by atoms with E-state index in [0.717, 1.165) is 111 Å². The number of carbonyl (C=O) groups excluding carboxylic acids is 10. The van der Waals surface area contributed by atoms with Crippen LogP contribution in [0.5, 0.6) is 5.75 Å². The van der Waals surface area contributed by atoms with Gasteiger partial charge in [-0.2, -0.15) is 33.5 Å². The zero-order valence-electron chi connectivity index (χ0n) is 80.8. The summed E-state index contributed by atoms with van der Waals surface area (Å²) in [5, 5.41) is 48.3. The predicted octanol–water partition coefficient (Wildman–Crippen LogP) is 10.9. The molecule has 4 aliphatic rings. The lowest BCUT2D eigenvalue weighted by Gasteiger charge is -2.16. The molecule has 4 fully saturated rings. The van der Waals surface area contributed by atoms with Gasteiger partial charge in [0.05, 0.1) is 89.8 Å². The molecule has 140 heavy (non-hydrogen) atoms. The summed E-state index contributed by atoms with van der Waals surface area (Å²) < 4.78 is 53.8. The van der Waals surface area contributed by atoms with Crippen molar-refractivity contribution in [2.45, 2.75) is 183 Å². The van der Waals surface area contributed by atoms with E-state index in [2.05, 4.69) is 116 Å². The quantitative estimate of drug-likeness (QED) is 0.00958. The number of rotatable bonds is 70. The number of carbonyl (C=O) groups is 10. The van der Waals surface area contributed by atoms with Crippen LogP contribution in [0.1, 0.15) is 146 Å². The van der Waals surface area contributed by atoms with Gasteiger partial charge in [0.2, 0.25) is 59.2 Å². The summed E-state index contributed by atoms with van der Waals surface area (Å²) in [5.74, 6) is 2.36. The second-order valence-corrected chi connectivity index (χ2v) is 36.6. The first kappa shape index (κ1) is 112. The van der Waals surface area contributed by atoms with Gasteiger partial charge in [-0.25, -0.2) is 23.9 Å². The first-order valence-electron chi connectivity index (χ1n) is 48.6. The van der Waals surface area contributed by atoms with Gasteiger partial charge >= 0.3 is 12.1 Å². The number of hydrogen-bond acceptors (Lipinski definition) is 28. The minimum atomic E-state index is -0.587. The third-order valence-electron chi connectivity index (χ3n) is 22.4. The second kappa shape index (κ2) is 66.0. The molecule has 2 aromatic heterocycles. The van der Waals surface area contributed by atoms with E-state index in [9.17, 15) is 52.3 Å². The Kier molecular flexibility index (Phi) is 52.7. The number of halogens is 1. The maximum absolute atomic E-state index is 14.5. The van der Waals surface area contributed by atoms with Crippen molar-refractivity contribution in [1.82, 2.24) is 78.0 Å². The van der Waals surface area contributed by atoms with Gasteiger partial charge in [-0.1, -0.05) is 55.8 Å². The minimum Gasteiger partial charge on any atom is -0.493 e. The van der Waals surface area contributed by atoms with Crippen molar-refractivity contribution in [3.05, 3.63) is 151 Å². The molecular formula is C99H142FN21O17S2. The molecule has 4 aliphatic heterocycles. The van der Waals surface area contributed by atoms with E-state index in [1.165, 1.54) is 12.2 Å². The van der Waals surface area contributed by atoms with Crippen LogP contribution in [0.3, 0.4) is 0 Å². The fraction of sp³-hybridized carbons (Fsp3) is 0.535. The molecule has 0 unspecified atom stereocenters. The fourth-order valence-electron chi connectivity index (χ4n) is 15.0. The van der Waals surface area contributed by atoms with E-state index in [4.69, 9.17) is 33.2 Å². The third-order valence-corrected chi connectivity index (χ3v) is 25.4. The zero-order chi connectivity index (χ0) is 99.4. The SMILES string of the molecule is C=CC(=O)Nc1cccc(Nc2nc(Nc3cccc(OCCCNC(=O)CCCC(=O)NCCCOCCOCCOCCCNC(=O)CCCC[C@@H]4SC[C@@H]5NC(=O)N[C@@H]54)c3)ncc2C)c1.Cc1cccc(Nc2nc(Nc3cccc(NC(=O)/C=C/CN(C)CCCCNC(=O)CCCC(=O)NCCCOCCOCCOCCCNC(=O)CCCC[C@@H]4SC[C@@H]5NC(=O)N[C@@H]54)c3)ncc2F)c1. The smallest absolute Gasteiger partial charge is 0.315 e. The number of anilines is 10. The molecule has 764 valence electrons. The van der Waals surface area contributed by atoms with Crippen LogP contribution in [-0.4, -0.2) is 276 Å². The molecule has 12 amide bonds. The number of amides is 12. The molecule has 0 radical (unpaired) electrons. The lowest BCUT2D eigenvalue weighted by atomic mass is 10.0. The standard InChI is InChI=1S/C51H74FN11O8S.C48H68N10O9S/c1-37-13-7-14-38(33-37)58-49-41(52)35-56-50(62-49)59-40-16-8-15-39(34-40)57-47(67)21-10-26-63(2)25-6-5-22-53-45(65)19-9-20-46(66)55-24-12-28-70-30-32-71-31-29-69-27-11-23-54-44(64)18-4-3-17-43-48-42(36-72-43)60-51(68)61-48;1-3-41(59)53-35-12-6-13-36(30-35)54-46-34(2)32-52-47(58-46)55-37-14-7-15-38(31-37)67-25-11-22-51-44(62)19-8-18-43(61)50-21-10-24-65-27-29-66-28-26-64-23-9-20-49-42(60)17-5-4-16-40-45-39(33-68-40)56-48(63)57-45/h7-8,10,13-16,21,33-35,42-43,48H,3-6,9,11-12,17-20,22-32,36H2,1-2H3,(H,53,65)(H,54,64)(H,55,66)(H,57,67)(H2,60,61,68)(H2,56,58,59,62);3,6-7,12-15,30-32,39-40,45H,1,4-5,8-11,16-29,33H2,2H3,(H,49,60)(H,50,61)(H,51,62)(H,53,59)(H2,56,57,63)(H2,52,54,55,58)/b21-10+;/t42-,43-,48-;39-,40-,45-/m00/s1. The number of hydrogen-bond donors (Lipinski definition) is 16. The van der Waals surface area contributed by atoms with Crippen molar-refractivity contribution < 1.29 is 85.5 Å². The molecular weight excluding hydrogens is 1840 g/mol. The monoisotopic (exact) mass is 1980 g/mol. The summed E-state index contributed by atoms with van der Waals surface area (Å²) in [7, 11) is 1.96. The Balaban J connectivity index is 0.000000313. The number of benzene rings is 4. The number of thioether (sulfide) groups is 2. The van der Waals surface area contributed by atoms with Crippen LogP contribution in [0, 0.1) is 19.7 Å². The normalized spacial score (nSPS) is 15.9. The van der Waals surface area contributed by atoms with Crippen molar-refractivity contribution in [2.24, 2.45) is 0 Å². The Morgan fingerprint density at radius 1 is 0.436 bits per heavy atom. The highest BCUT2D eigenvalue weighted by Crippen LogP contribution is 2.35. The summed E-state index contributed by atoms with van der Waals surface area (Å²) in [6.45, 7) is 18.0. The number of nitrogens with one attached hydrogen (secondary N) is 16. The van der Waals surface area contributed by atoms with Gasteiger partial charge in [-0.15, -0.1) is 0 Å². The lowest BCUT2D eigenvalue weighted by molar-refractivity contribution is -0.124. The van der Waals surface area contributed by atoms with Crippen molar-refractivity contribution in [3.63, 3.8) is 0 Å². The van der Waals surface area contributed by atoms with Gasteiger partial charge in [-0.05, 0) is 183 Å². The van der Waals surface area contributed by atoms with Crippen LogP contribution in [0.15, 0.2) is 134 Å². The van der Waals surface area contributed by atoms with Crippen LogP contribution < -0.4 is 89.8 Å². The molecule has 6 heterocycles. The van der Waals surface area contributed by atoms with E-state index < -0.39 is 5.82 Å². The fourth-order valence-corrected chi connectivity index (χ4v) is 18.1. The number of likely N-dealkylation sites (N-methyl/N-ethyl adjacent to an activating group) is 1. The van der Waals surface area contributed by atoms with E-state index in [-0.39, 0.29) is 121 Å². The van der Waals surface area contributed by atoms with Crippen LogP contribution in [0.2, 0.25) is 0 Å². The molecule has 4 aromatic carbocycles. The topological polar surface area (TPSA) is 483 Å². The van der Waals surface area contributed by atoms with E-state index >= 15 is 0 Å². The Morgan fingerprint density at radius 2 is 0.829 bits per heavy atom. The Labute approximate surface area is 828 Å². The van der Waals surface area contributed by atoms with Crippen LogP contribution in [-0.2, 0) is 66.8 Å². The number of ether oxygens (including phenoxy) is 7. The number of unbranched alkanes of at least 4 members (excludes halogenated alkanes) is 3. The second-order valence-electron chi connectivity index (χ2n) is 34.1. The first-order valence-corrected chi connectivity index (χ1v) is 50.7. The first-order chi connectivity index (χ1) is 68.1. The maximum Gasteiger partial charge on any atom is 0.315 e. The molecule has 10 rings (SSSR count). The van der Waals surface area contributed by atoms with Gasteiger partial charge in [0.15, 0.2) is 11.6 Å². The number of nitrogens with zero attached hydrogens (tertiary/aromatic N) is 5. The number of urea groups is 2. The lowest BCUT2D eigenvalue weighted by Crippen LogP contribution is -2.36. The van der Waals surface area contributed by atoms with Gasteiger partial charge in [0.1, 0.15) is 11.6 Å². The van der Waals surface area contributed by atoms with Crippen molar-refractivity contribution in [1.29, 1.82) is 0 Å². The molecule has 0 spiro atoms. The van der Waals surface area contributed by atoms with Crippen molar-refractivity contribution in [3.8, 4) is 5.75 Å². The molecule has 4 saturated heterocycles. The summed E-state index contributed by atoms with van der Waals surface area (Å²) in [6, 6.07) is 30.0. The largest absolute Gasteiger partial charge is 0.493 e. The third kappa shape index (κ3) is 46.5. The van der Waals surface area contributed by atoms with E-state index in [0.29, 0.717) is 227 Å². The number of aryl methyl sites for hydroxylation is 2. The molecule has 6 atom stereocenters. The maximum atomic E-state index is 14.5. The molecule has 16 N–H and O–H groups in total. The van der Waals surface area contributed by atoms with Crippen LogP contribution in [0.25, 0.3) is 0 Å². The van der Waals surface area contributed by atoms with Crippen molar-refractivity contribution >= 4 is 141 Å². The van der Waals surface area contributed by atoms with Crippen LogP contribution in [0.4, 0.5) is 71.6 Å². The predicted molar refractivity (Wildman–Crippen MR) is 543 cm³/mol. The summed E-state index contributed by atoms with van der Waals surface area (Å²) >= 11 is 3.79. The Morgan fingerprint density at radius 3 is 1.31 bits per heavy atom. The molecule has 41 heteroatoms. The minimum absolute atomic E-state index is 0.0371. The highest BCUT2D eigenvalue weighted by Gasteiger charge is 2.44. The molecule has 0 aliphatic carbocycles. The molecule has 0 saturated carbocycles. The average Bonchev–Trinajstić information content (AvgIpc) is 1.66. The molecule has 38 nitrogen and oxygen atoms in total. The number of aromatic nitrogens is 4. The Bertz CT molecular complexity index is 4860. The van der Waals surface area contributed by atoms with Crippen LogP contribution >= 0.6 is 23.5 Å². The zero-order valence-corrected chi connectivity index (χ0v) is 82.4. The van der Waals surface area contributed by atoms with Gasteiger partial charge < -0.3 is 123 Å². The number of fused-ring (bicyclic) bond motifs is 2.